The molecule has 98 valence electrons. The molecule has 0 bridgehead atoms. The molecule has 19 heavy (non-hydrogen) atoms. The van der Waals surface area contributed by atoms with Gasteiger partial charge in [-0.3, -0.25) is 0 Å². The van der Waals surface area contributed by atoms with Gasteiger partial charge in [0.1, 0.15) is 17.7 Å². The highest BCUT2D eigenvalue weighted by Crippen LogP contribution is 2.38. The molecule has 0 fully saturated rings. The van der Waals surface area contributed by atoms with Crippen LogP contribution >= 0.6 is 11.6 Å². The molecule has 0 amide bonds. The van der Waals surface area contributed by atoms with Crippen molar-refractivity contribution in [3.63, 3.8) is 0 Å². The molecule has 0 aromatic heterocycles. The second-order valence-corrected chi connectivity index (χ2v) is 4.86. The van der Waals surface area contributed by atoms with Crippen LogP contribution in [0.2, 0.25) is 5.02 Å². The van der Waals surface area contributed by atoms with Crippen LogP contribution in [0.5, 0.6) is 5.75 Å². The quantitative estimate of drug-likeness (QED) is 0.911. The maximum atomic E-state index is 13.5. The van der Waals surface area contributed by atoms with Crippen molar-refractivity contribution in [3.8, 4) is 5.75 Å². The maximum Gasteiger partial charge on any atom is 0.142 e. The summed E-state index contributed by atoms with van der Waals surface area (Å²) in [5, 5.41) is 10.4. The molecule has 1 aliphatic heterocycles. The highest BCUT2D eigenvalue weighted by Gasteiger charge is 2.23. The lowest BCUT2D eigenvalue weighted by Gasteiger charge is -2.16. The van der Waals surface area contributed by atoms with Crippen molar-refractivity contribution in [1.29, 1.82) is 0 Å². The number of benzene rings is 2. The smallest absolute Gasteiger partial charge is 0.142 e. The first-order chi connectivity index (χ1) is 9.18. The van der Waals surface area contributed by atoms with E-state index in [9.17, 15) is 9.50 Å². The van der Waals surface area contributed by atoms with Gasteiger partial charge >= 0.3 is 0 Å². The Balaban J connectivity index is 2.08. The summed E-state index contributed by atoms with van der Waals surface area (Å²) >= 11 is 5.91. The Hall–Kier alpha value is -1.58. The van der Waals surface area contributed by atoms with Gasteiger partial charge in [0.15, 0.2) is 0 Å². The van der Waals surface area contributed by atoms with Gasteiger partial charge in [-0.25, -0.2) is 4.39 Å². The lowest BCUT2D eigenvalue weighted by Crippen LogP contribution is -2.03. The van der Waals surface area contributed by atoms with Crippen LogP contribution in [0.4, 0.5) is 4.39 Å². The number of hydrogen-bond donors (Lipinski definition) is 1. The first kappa shape index (κ1) is 12.5. The molecule has 2 aromatic carbocycles. The summed E-state index contributed by atoms with van der Waals surface area (Å²) in [5.41, 5.74) is 2.04. The van der Waals surface area contributed by atoms with Gasteiger partial charge in [0.05, 0.1) is 11.6 Å². The van der Waals surface area contributed by atoms with Gasteiger partial charge in [0.25, 0.3) is 0 Å². The fourth-order valence-electron chi connectivity index (χ4n) is 2.36. The number of hydrogen-bond acceptors (Lipinski definition) is 2. The predicted molar refractivity (Wildman–Crippen MR) is 71.1 cm³/mol. The first-order valence-electron chi connectivity index (χ1n) is 6.05. The molecule has 4 heteroatoms. The highest BCUT2D eigenvalue weighted by molar-refractivity contribution is 6.31. The molecular weight excluding hydrogens is 267 g/mol. The second-order valence-electron chi connectivity index (χ2n) is 4.48. The van der Waals surface area contributed by atoms with Crippen molar-refractivity contribution in [2.75, 3.05) is 6.61 Å². The van der Waals surface area contributed by atoms with Crippen LogP contribution < -0.4 is 4.74 Å². The summed E-state index contributed by atoms with van der Waals surface area (Å²) in [6, 6.07) is 10.0. The number of aliphatic hydroxyl groups is 1. The minimum absolute atomic E-state index is 0.0504. The van der Waals surface area contributed by atoms with Crippen molar-refractivity contribution < 1.29 is 14.2 Å². The summed E-state index contributed by atoms with van der Waals surface area (Å²) in [5.74, 6) is 0.155. The number of para-hydroxylation sites is 1. The molecular formula is C15H12ClFO2. The number of rotatable bonds is 2. The fourth-order valence-corrected chi connectivity index (χ4v) is 2.58. The Morgan fingerprint density at radius 2 is 1.89 bits per heavy atom. The van der Waals surface area contributed by atoms with Crippen molar-refractivity contribution in [1.82, 2.24) is 0 Å². The number of aliphatic hydroxyl groups excluding tert-OH is 1. The normalized spacial score (nSPS) is 14.9. The van der Waals surface area contributed by atoms with Gasteiger partial charge in [0.2, 0.25) is 0 Å². The zero-order chi connectivity index (χ0) is 13.4. The van der Waals surface area contributed by atoms with E-state index in [0.29, 0.717) is 23.5 Å². The van der Waals surface area contributed by atoms with Crippen LogP contribution in [-0.2, 0) is 6.42 Å². The third-order valence-corrected chi connectivity index (χ3v) is 3.71. The molecule has 0 radical (unpaired) electrons. The topological polar surface area (TPSA) is 29.5 Å². The van der Waals surface area contributed by atoms with Crippen LogP contribution in [0, 0.1) is 5.82 Å². The molecule has 1 unspecified atom stereocenters. The minimum atomic E-state index is -0.990. The van der Waals surface area contributed by atoms with Gasteiger partial charge in [-0.2, -0.15) is 0 Å². The Morgan fingerprint density at radius 3 is 2.74 bits per heavy atom. The Bertz CT molecular complexity index is 628. The van der Waals surface area contributed by atoms with Crippen LogP contribution in [0.3, 0.4) is 0 Å². The molecule has 1 heterocycles. The third kappa shape index (κ3) is 2.09. The molecule has 1 aliphatic rings. The van der Waals surface area contributed by atoms with E-state index < -0.39 is 11.9 Å². The molecule has 1 N–H and O–H groups in total. The first-order valence-corrected chi connectivity index (χ1v) is 6.43. The average molecular weight is 279 g/mol. The van der Waals surface area contributed by atoms with Crippen LogP contribution in [0.25, 0.3) is 0 Å². The maximum absolute atomic E-state index is 13.5. The lowest BCUT2D eigenvalue weighted by molar-refractivity contribution is 0.213. The van der Waals surface area contributed by atoms with Gasteiger partial charge < -0.3 is 9.84 Å². The van der Waals surface area contributed by atoms with Gasteiger partial charge in [-0.15, -0.1) is 0 Å². The number of halogens is 2. The Labute approximate surface area is 115 Å². The summed E-state index contributed by atoms with van der Waals surface area (Å²) < 4.78 is 19.0. The van der Waals surface area contributed by atoms with Crippen LogP contribution in [-0.4, -0.2) is 11.7 Å². The summed E-state index contributed by atoms with van der Waals surface area (Å²) in [7, 11) is 0. The van der Waals surface area contributed by atoms with E-state index in [1.54, 1.807) is 12.1 Å². The molecule has 1 atom stereocenters. The van der Waals surface area contributed by atoms with E-state index in [0.717, 1.165) is 12.0 Å². The second kappa shape index (κ2) is 4.83. The average Bonchev–Trinajstić information content (AvgIpc) is 2.89. The number of ether oxygens (including phenoxy) is 1. The molecule has 0 aliphatic carbocycles. The Kier molecular flexibility index (Phi) is 3.17. The predicted octanol–water partition coefficient (Wildman–Crippen LogP) is 3.50. The standard InChI is InChI=1S/C15H12ClFO2/c16-13-10(4-2-6-12(13)17)14(18)11-5-1-3-9-7-8-19-15(9)11/h1-6,14,18H,7-8H2. The molecule has 2 nitrogen and oxygen atoms in total. The van der Waals surface area contributed by atoms with E-state index >= 15 is 0 Å². The molecule has 3 rings (SSSR count). The zero-order valence-electron chi connectivity index (χ0n) is 10.1. The SMILES string of the molecule is OC(c1cccc(F)c1Cl)c1cccc2c1OCC2. The summed E-state index contributed by atoms with van der Waals surface area (Å²) in [6.07, 6.45) is -0.163. The molecule has 2 aromatic rings. The third-order valence-electron chi connectivity index (χ3n) is 3.32. The van der Waals surface area contributed by atoms with Gasteiger partial charge in [0, 0.05) is 17.5 Å². The molecule has 0 spiro atoms. The van der Waals surface area contributed by atoms with Crippen LogP contribution in [0.15, 0.2) is 36.4 Å². The van der Waals surface area contributed by atoms with Gasteiger partial charge in [-0.1, -0.05) is 41.9 Å². The summed E-state index contributed by atoms with van der Waals surface area (Å²) in [4.78, 5) is 0. The number of fused-ring (bicyclic) bond motifs is 1. The minimum Gasteiger partial charge on any atom is -0.493 e. The van der Waals surface area contributed by atoms with E-state index in [4.69, 9.17) is 16.3 Å². The summed E-state index contributed by atoms with van der Waals surface area (Å²) in [6.45, 7) is 0.607. The van der Waals surface area contributed by atoms with Gasteiger partial charge in [-0.05, 0) is 11.6 Å². The lowest BCUT2D eigenvalue weighted by atomic mass is 9.98. The van der Waals surface area contributed by atoms with E-state index in [-0.39, 0.29) is 5.02 Å². The van der Waals surface area contributed by atoms with E-state index in [1.165, 1.54) is 12.1 Å². The largest absolute Gasteiger partial charge is 0.493 e. The van der Waals surface area contributed by atoms with Crippen molar-refractivity contribution in [3.05, 3.63) is 63.9 Å². The van der Waals surface area contributed by atoms with E-state index in [2.05, 4.69) is 0 Å². The Morgan fingerprint density at radius 1 is 1.16 bits per heavy atom. The molecule has 0 saturated heterocycles. The van der Waals surface area contributed by atoms with Crippen molar-refractivity contribution >= 4 is 11.6 Å². The molecule has 0 saturated carbocycles. The monoisotopic (exact) mass is 278 g/mol. The zero-order valence-corrected chi connectivity index (χ0v) is 10.8. The fraction of sp³-hybridized carbons (Fsp3) is 0.200. The van der Waals surface area contributed by atoms with Crippen molar-refractivity contribution in [2.24, 2.45) is 0 Å². The van der Waals surface area contributed by atoms with E-state index in [1.807, 2.05) is 12.1 Å². The van der Waals surface area contributed by atoms with Crippen LogP contribution in [0.1, 0.15) is 22.8 Å². The van der Waals surface area contributed by atoms with Crippen molar-refractivity contribution in [2.45, 2.75) is 12.5 Å². The highest BCUT2D eigenvalue weighted by atomic mass is 35.5.